The quantitative estimate of drug-likeness (QED) is 0.136. The number of nitrogens with one attached hydrogen (secondary N) is 2. The van der Waals surface area contributed by atoms with E-state index in [9.17, 15) is 15.0 Å². The Morgan fingerprint density at radius 1 is 1.21 bits per heavy atom. The minimum Gasteiger partial charge on any atom is -0.504 e. The number of aliphatic hydroxyl groups is 1. The summed E-state index contributed by atoms with van der Waals surface area (Å²) < 4.78 is 12.0. The molecule has 4 rings (SSSR count). The average Bonchev–Trinajstić information content (AvgIpc) is 3.42. The van der Waals surface area contributed by atoms with Gasteiger partial charge in [0.25, 0.3) is 0 Å². The zero-order valence-corrected chi connectivity index (χ0v) is 25.6. The van der Waals surface area contributed by atoms with E-state index in [1.807, 2.05) is 12.1 Å². The van der Waals surface area contributed by atoms with Gasteiger partial charge in [0.15, 0.2) is 17.5 Å². The van der Waals surface area contributed by atoms with Crippen molar-refractivity contribution in [2.24, 2.45) is 27.5 Å². The highest BCUT2D eigenvalue weighted by Gasteiger charge is 2.48. The monoisotopic (exact) mass is 582 g/mol. The molecule has 0 unspecified atom stereocenters. The lowest BCUT2D eigenvalue weighted by atomic mass is 9.60. The number of piperidine rings is 1. The van der Waals surface area contributed by atoms with Crippen LogP contribution < -0.4 is 21.1 Å². The smallest absolute Gasteiger partial charge is 0.302 e. The first kappa shape index (κ1) is 32.0. The zero-order valence-electron chi connectivity index (χ0n) is 25.6. The highest BCUT2D eigenvalue weighted by Crippen LogP contribution is 2.53. The lowest BCUT2D eigenvalue weighted by Crippen LogP contribution is -2.49. The van der Waals surface area contributed by atoms with Gasteiger partial charge >= 0.3 is 5.97 Å². The third-order valence-electron chi connectivity index (χ3n) is 9.72. The zero-order chi connectivity index (χ0) is 30.2. The average molecular weight is 583 g/mol. The summed E-state index contributed by atoms with van der Waals surface area (Å²) in [6, 6.07) is 5.45. The molecule has 232 valence electrons. The maximum Gasteiger partial charge on any atom is 0.302 e. The largest absolute Gasteiger partial charge is 0.504 e. The Balaban J connectivity index is 1.64. The van der Waals surface area contributed by atoms with Gasteiger partial charge in [-0.2, -0.15) is 0 Å². The van der Waals surface area contributed by atoms with Crippen LogP contribution >= 0.6 is 0 Å². The van der Waals surface area contributed by atoms with Gasteiger partial charge in [-0.1, -0.05) is 31.8 Å². The lowest BCUT2D eigenvalue weighted by Gasteiger charge is -2.45. The van der Waals surface area contributed by atoms with Gasteiger partial charge in [0.1, 0.15) is 12.2 Å². The van der Waals surface area contributed by atoms with Crippen molar-refractivity contribution in [2.45, 2.75) is 103 Å². The van der Waals surface area contributed by atoms with Crippen LogP contribution in [0.5, 0.6) is 11.5 Å². The molecule has 0 radical (unpaired) electrons. The van der Waals surface area contributed by atoms with Crippen LogP contribution in [-0.4, -0.2) is 67.1 Å². The molecule has 42 heavy (non-hydrogen) atoms. The number of hydrogen-bond donors (Lipinski definition) is 5. The molecule has 0 bridgehead atoms. The number of aliphatic hydroxyl groups excluding tert-OH is 1. The summed E-state index contributed by atoms with van der Waals surface area (Å²) in [6.45, 7) is 6.10. The molecule has 9 heteroatoms. The first-order valence-electron chi connectivity index (χ1n) is 15.6. The Labute approximate surface area is 251 Å². The van der Waals surface area contributed by atoms with Crippen molar-refractivity contribution in [3.8, 4) is 23.3 Å². The predicted octanol–water partition coefficient (Wildman–Crippen LogP) is 3.65. The van der Waals surface area contributed by atoms with Crippen LogP contribution in [0, 0.1) is 28.6 Å². The number of benzene rings is 1. The van der Waals surface area contributed by atoms with E-state index in [1.54, 1.807) is 13.1 Å². The summed E-state index contributed by atoms with van der Waals surface area (Å²) in [5, 5.41) is 28.5. The number of esters is 1. The van der Waals surface area contributed by atoms with E-state index in [4.69, 9.17) is 15.2 Å². The normalized spacial score (nSPS) is 28.8. The number of nitrogens with zero attached hydrogens (tertiary/aromatic N) is 1. The van der Waals surface area contributed by atoms with Crippen molar-refractivity contribution in [1.29, 1.82) is 0 Å². The maximum absolute atomic E-state index is 12.2. The van der Waals surface area contributed by atoms with E-state index in [1.165, 1.54) is 19.8 Å². The molecule has 6 N–H and O–H groups in total. The van der Waals surface area contributed by atoms with E-state index in [2.05, 4.69) is 34.4 Å². The summed E-state index contributed by atoms with van der Waals surface area (Å²) in [7, 11) is 1.67. The summed E-state index contributed by atoms with van der Waals surface area (Å²) in [4.78, 5) is 16.3. The van der Waals surface area contributed by atoms with Crippen LogP contribution in [-0.2, 0) is 16.0 Å². The van der Waals surface area contributed by atoms with Crippen molar-refractivity contribution in [3.05, 3.63) is 23.8 Å². The Morgan fingerprint density at radius 2 is 1.95 bits per heavy atom. The third-order valence-corrected chi connectivity index (χ3v) is 9.72. The number of aliphatic imine (C=N–C) groups is 1. The van der Waals surface area contributed by atoms with E-state index >= 15 is 0 Å². The number of carbonyl (C=O) groups excluding carboxylic acids is 1. The number of nitrogens with two attached hydrogens (primary N) is 1. The lowest BCUT2D eigenvalue weighted by molar-refractivity contribution is -0.151. The van der Waals surface area contributed by atoms with Crippen molar-refractivity contribution in [2.75, 3.05) is 26.7 Å². The molecule has 1 aliphatic heterocycles. The number of ether oxygens (including phenoxy) is 2. The van der Waals surface area contributed by atoms with Gasteiger partial charge in [-0.15, -0.1) is 5.92 Å². The molecule has 1 saturated carbocycles. The Hall–Kier alpha value is -2.96. The van der Waals surface area contributed by atoms with Gasteiger partial charge in [0.05, 0.1) is 11.5 Å². The van der Waals surface area contributed by atoms with Gasteiger partial charge in [-0.3, -0.25) is 9.79 Å². The summed E-state index contributed by atoms with van der Waals surface area (Å²) in [5.41, 5.74) is 6.63. The molecule has 9 nitrogen and oxygen atoms in total. The minimum absolute atomic E-state index is 0.0114. The molecule has 2 aliphatic carbocycles. The summed E-state index contributed by atoms with van der Waals surface area (Å²) in [6.07, 6.45) is 7.89. The number of guanidine groups is 1. The second-order valence-corrected chi connectivity index (χ2v) is 12.7. The van der Waals surface area contributed by atoms with Crippen LogP contribution in [0.3, 0.4) is 0 Å². The van der Waals surface area contributed by atoms with Crippen LogP contribution in [0.1, 0.15) is 83.6 Å². The van der Waals surface area contributed by atoms with Crippen LogP contribution in [0.15, 0.2) is 23.2 Å². The number of aromatic hydroxyl groups is 1. The molecule has 0 spiro atoms. The standard InChI is InChI=1S/C33H50N4O5/c1-23(38)41-29-21-26(39)10-16-33(22-37-31(34)35-3,32(2)13-4-5-14-32)15-6-7-25(29)19-24-8-9-28(40)30(20-24)42-27-11-17-36-18-12-27/h8-9,20,25-27,29,36,39-40H,4-5,7,10-14,16-19,21-22H2,1-3H3,(H3,34,35,37)/t25-,26-,29-,33+/m0/s1. The van der Waals surface area contributed by atoms with E-state index < -0.39 is 12.2 Å². The highest BCUT2D eigenvalue weighted by molar-refractivity contribution is 5.77. The molecule has 4 atom stereocenters. The van der Waals surface area contributed by atoms with Gasteiger partial charge < -0.3 is 36.1 Å². The fraction of sp³-hybridized carbons (Fsp3) is 0.697. The summed E-state index contributed by atoms with van der Waals surface area (Å²) in [5.74, 6) is 7.71. The molecule has 1 aromatic carbocycles. The maximum atomic E-state index is 12.2. The van der Waals surface area contributed by atoms with Crippen LogP contribution in [0.2, 0.25) is 0 Å². The second kappa shape index (κ2) is 14.5. The number of phenolic OH excluding ortho intramolecular Hbond substituents is 1. The number of hydrogen-bond acceptors (Lipinski definition) is 7. The predicted molar refractivity (Wildman–Crippen MR) is 164 cm³/mol. The number of rotatable bonds is 8. The SMILES string of the molecule is CN=C(N)NC[C@@]1(C2(C)CCCC2)C#CC[C@@H](Cc2ccc(O)c(OC3CCNCC3)c2)[C@@H](OC(C)=O)C[C@@H](O)CC1. The molecular formula is C33H50N4O5. The fourth-order valence-electron chi connectivity index (χ4n) is 7.03. The third kappa shape index (κ3) is 8.11. The molecule has 0 amide bonds. The minimum atomic E-state index is -0.642. The van der Waals surface area contributed by atoms with E-state index in [0.29, 0.717) is 50.4 Å². The number of carbonyl (C=O) groups is 1. The molecule has 1 aromatic rings. The van der Waals surface area contributed by atoms with Crippen molar-refractivity contribution < 1.29 is 24.5 Å². The molecule has 1 saturated heterocycles. The number of phenols is 1. The molecule has 3 aliphatic rings. The first-order chi connectivity index (χ1) is 20.1. The highest BCUT2D eigenvalue weighted by atomic mass is 16.5. The van der Waals surface area contributed by atoms with Crippen molar-refractivity contribution in [1.82, 2.24) is 10.6 Å². The van der Waals surface area contributed by atoms with Crippen LogP contribution in [0.4, 0.5) is 0 Å². The second-order valence-electron chi connectivity index (χ2n) is 12.7. The van der Waals surface area contributed by atoms with E-state index in [0.717, 1.165) is 44.3 Å². The van der Waals surface area contributed by atoms with Crippen molar-refractivity contribution >= 4 is 11.9 Å². The Kier molecular flexibility index (Phi) is 11.0. The first-order valence-corrected chi connectivity index (χ1v) is 15.6. The fourth-order valence-corrected chi connectivity index (χ4v) is 7.03. The molecule has 2 fully saturated rings. The van der Waals surface area contributed by atoms with Gasteiger partial charge in [-0.05, 0) is 81.1 Å². The van der Waals surface area contributed by atoms with Gasteiger partial charge in [0, 0.05) is 39.3 Å². The molecular weight excluding hydrogens is 532 g/mol. The van der Waals surface area contributed by atoms with Crippen molar-refractivity contribution in [3.63, 3.8) is 0 Å². The Bertz CT molecular complexity index is 1150. The summed E-state index contributed by atoms with van der Waals surface area (Å²) >= 11 is 0. The molecule has 0 aromatic heterocycles. The van der Waals surface area contributed by atoms with Crippen LogP contribution in [0.25, 0.3) is 0 Å². The molecule has 1 heterocycles. The van der Waals surface area contributed by atoms with E-state index in [-0.39, 0.29) is 34.6 Å². The van der Waals surface area contributed by atoms with Gasteiger partial charge in [-0.25, -0.2) is 0 Å². The topological polar surface area (TPSA) is 138 Å². The Morgan fingerprint density at radius 3 is 2.64 bits per heavy atom. The van der Waals surface area contributed by atoms with Gasteiger partial charge in [0.2, 0.25) is 0 Å².